The highest BCUT2D eigenvalue weighted by atomic mass is 79.9. The lowest BCUT2D eigenvalue weighted by Crippen LogP contribution is -1.99. The van der Waals surface area contributed by atoms with Crippen molar-refractivity contribution in [1.82, 2.24) is 0 Å². The minimum Gasteiger partial charge on any atom is -0.355 e. The van der Waals surface area contributed by atoms with Crippen LogP contribution < -0.4 is 5.32 Å². The lowest BCUT2D eigenvalue weighted by Gasteiger charge is -2.12. The van der Waals surface area contributed by atoms with Crippen molar-refractivity contribution in [2.24, 2.45) is 4.99 Å². The fourth-order valence-electron chi connectivity index (χ4n) is 2.29. The van der Waals surface area contributed by atoms with E-state index in [1.807, 2.05) is 66.7 Å². The van der Waals surface area contributed by atoms with Crippen LogP contribution in [0.25, 0.3) is 5.70 Å². The highest BCUT2D eigenvalue weighted by molar-refractivity contribution is 9.10. The van der Waals surface area contributed by atoms with Gasteiger partial charge in [0.2, 0.25) is 0 Å². The summed E-state index contributed by atoms with van der Waals surface area (Å²) >= 11 is 19.1. The minimum atomic E-state index is 0.502. The molecule has 27 heavy (non-hydrogen) atoms. The summed E-state index contributed by atoms with van der Waals surface area (Å²) in [6.07, 6.45) is 3.66. The van der Waals surface area contributed by atoms with Crippen molar-refractivity contribution in [3.8, 4) is 0 Å². The molecule has 0 saturated carbocycles. The van der Waals surface area contributed by atoms with Crippen molar-refractivity contribution in [3.63, 3.8) is 0 Å². The van der Waals surface area contributed by atoms with E-state index in [1.54, 1.807) is 12.3 Å². The van der Waals surface area contributed by atoms with Gasteiger partial charge in [-0.3, -0.25) is 4.99 Å². The molecule has 3 aromatic carbocycles. The van der Waals surface area contributed by atoms with Crippen LogP contribution >= 0.6 is 55.1 Å². The first-order chi connectivity index (χ1) is 13.0. The average molecular weight is 525 g/mol. The number of nitrogens with one attached hydrogen (secondary N) is 1. The molecule has 0 aliphatic heterocycles. The van der Waals surface area contributed by atoms with Gasteiger partial charge in [0.15, 0.2) is 0 Å². The third kappa shape index (κ3) is 5.94. The standard InChI is InChI=1S/C21H14Br2Cl2N2/c22-15-2-6-17(7-3-15)26-12-11-21(14-1-10-19(24)20(25)13-14)27-18-8-4-16(23)5-9-18/h1-13,27H/b21-11+,26-12?. The van der Waals surface area contributed by atoms with Crippen LogP contribution in [0.4, 0.5) is 11.4 Å². The first kappa shape index (κ1) is 20.2. The maximum atomic E-state index is 6.20. The van der Waals surface area contributed by atoms with E-state index in [2.05, 4.69) is 42.2 Å². The summed E-state index contributed by atoms with van der Waals surface area (Å²) in [5.74, 6) is 0. The Morgan fingerprint density at radius 3 is 2.07 bits per heavy atom. The Balaban J connectivity index is 1.91. The monoisotopic (exact) mass is 522 g/mol. The van der Waals surface area contributed by atoms with E-state index in [0.29, 0.717) is 10.0 Å². The number of hydrogen-bond acceptors (Lipinski definition) is 2. The molecule has 3 rings (SSSR count). The summed E-state index contributed by atoms with van der Waals surface area (Å²) in [6, 6.07) is 21.2. The molecular formula is C21H14Br2Cl2N2. The molecule has 2 nitrogen and oxygen atoms in total. The van der Waals surface area contributed by atoms with Crippen LogP contribution in [0.1, 0.15) is 5.56 Å². The van der Waals surface area contributed by atoms with E-state index in [-0.39, 0.29) is 0 Å². The molecule has 0 radical (unpaired) electrons. The van der Waals surface area contributed by atoms with Gasteiger partial charge in [-0.1, -0.05) is 61.1 Å². The normalized spacial score (nSPS) is 11.8. The van der Waals surface area contributed by atoms with E-state index < -0.39 is 0 Å². The number of hydrogen-bond donors (Lipinski definition) is 1. The zero-order chi connectivity index (χ0) is 19.2. The van der Waals surface area contributed by atoms with Crippen LogP contribution in [-0.2, 0) is 0 Å². The number of halogens is 4. The van der Waals surface area contributed by atoms with Gasteiger partial charge in [0.1, 0.15) is 0 Å². The van der Waals surface area contributed by atoms with E-state index in [1.165, 1.54) is 0 Å². The Morgan fingerprint density at radius 1 is 0.815 bits per heavy atom. The molecule has 0 heterocycles. The van der Waals surface area contributed by atoms with Crippen molar-refractivity contribution in [2.45, 2.75) is 0 Å². The van der Waals surface area contributed by atoms with Crippen molar-refractivity contribution in [2.75, 3.05) is 5.32 Å². The molecule has 6 heteroatoms. The molecule has 0 fully saturated rings. The molecule has 0 aromatic heterocycles. The summed E-state index contributed by atoms with van der Waals surface area (Å²) in [6.45, 7) is 0. The van der Waals surface area contributed by atoms with Gasteiger partial charge in [-0.15, -0.1) is 0 Å². The fraction of sp³-hybridized carbons (Fsp3) is 0. The number of anilines is 1. The van der Waals surface area contributed by atoms with E-state index >= 15 is 0 Å². The zero-order valence-electron chi connectivity index (χ0n) is 14.0. The predicted molar refractivity (Wildman–Crippen MR) is 124 cm³/mol. The van der Waals surface area contributed by atoms with Crippen LogP contribution in [0.5, 0.6) is 0 Å². The Morgan fingerprint density at radius 2 is 1.44 bits per heavy atom. The first-order valence-corrected chi connectivity index (χ1v) is 10.3. The number of nitrogens with zero attached hydrogens (tertiary/aromatic N) is 1. The van der Waals surface area contributed by atoms with Crippen molar-refractivity contribution in [1.29, 1.82) is 0 Å². The molecular weight excluding hydrogens is 511 g/mol. The second kappa shape index (κ2) is 9.56. The Kier molecular flexibility index (Phi) is 7.13. The van der Waals surface area contributed by atoms with Gasteiger partial charge in [-0.05, 0) is 72.3 Å². The number of aliphatic imine (C=N–C) groups is 1. The Bertz CT molecular complexity index is 982. The third-order valence-corrected chi connectivity index (χ3v) is 5.44. The predicted octanol–water partition coefficient (Wildman–Crippen LogP) is 8.37. The molecule has 0 bridgehead atoms. The molecule has 0 spiro atoms. The molecule has 0 amide bonds. The van der Waals surface area contributed by atoms with Crippen LogP contribution in [0.15, 0.2) is 86.7 Å². The minimum absolute atomic E-state index is 0.502. The highest BCUT2D eigenvalue weighted by Gasteiger charge is 2.05. The summed E-state index contributed by atoms with van der Waals surface area (Å²) in [5, 5.41) is 4.43. The molecule has 0 aliphatic carbocycles. The molecule has 3 aromatic rings. The Hall–Kier alpha value is -1.59. The van der Waals surface area contributed by atoms with Gasteiger partial charge in [-0.2, -0.15) is 0 Å². The molecule has 136 valence electrons. The van der Waals surface area contributed by atoms with E-state index in [4.69, 9.17) is 23.2 Å². The lowest BCUT2D eigenvalue weighted by atomic mass is 10.1. The summed E-state index contributed by atoms with van der Waals surface area (Å²) < 4.78 is 2.04. The zero-order valence-corrected chi connectivity index (χ0v) is 18.6. The van der Waals surface area contributed by atoms with E-state index in [9.17, 15) is 0 Å². The van der Waals surface area contributed by atoms with Crippen LogP contribution in [0.3, 0.4) is 0 Å². The quantitative estimate of drug-likeness (QED) is 0.333. The van der Waals surface area contributed by atoms with E-state index in [0.717, 1.165) is 31.6 Å². The number of allylic oxidation sites excluding steroid dienone is 1. The Labute approximate surface area is 185 Å². The first-order valence-electron chi connectivity index (χ1n) is 7.99. The van der Waals surface area contributed by atoms with Gasteiger partial charge >= 0.3 is 0 Å². The maximum Gasteiger partial charge on any atom is 0.0630 e. The molecule has 0 saturated heterocycles. The van der Waals surface area contributed by atoms with Crippen LogP contribution in [-0.4, -0.2) is 6.21 Å². The smallest absolute Gasteiger partial charge is 0.0630 e. The molecule has 1 N–H and O–H groups in total. The second-order valence-electron chi connectivity index (χ2n) is 5.60. The molecule has 0 unspecified atom stereocenters. The van der Waals surface area contributed by atoms with Gasteiger partial charge in [0.05, 0.1) is 15.7 Å². The average Bonchev–Trinajstić information content (AvgIpc) is 2.66. The SMILES string of the molecule is Clc1ccc(/C(=C\C=Nc2ccc(Br)cc2)Nc2ccc(Br)cc2)cc1Cl. The van der Waals surface area contributed by atoms with Gasteiger partial charge < -0.3 is 5.32 Å². The van der Waals surface area contributed by atoms with Crippen LogP contribution in [0.2, 0.25) is 10.0 Å². The summed E-state index contributed by atoms with van der Waals surface area (Å²) in [4.78, 5) is 4.48. The number of rotatable bonds is 5. The molecule has 0 aliphatic rings. The maximum absolute atomic E-state index is 6.20. The van der Waals surface area contributed by atoms with Crippen molar-refractivity contribution < 1.29 is 0 Å². The van der Waals surface area contributed by atoms with Gasteiger partial charge in [0, 0.05) is 26.5 Å². The van der Waals surface area contributed by atoms with Gasteiger partial charge in [0.25, 0.3) is 0 Å². The lowest BCUT2D eigenvalue weighted by molar-refractivity contribution is 1.51. The third-order valence-electron chi connectivity index (χ3n) is 3.65. The van der Waals surface area contributed by atoms with Gasteiger partial charge in [-0.25, -0.2) is 0 Å². The summed E-state index contributed by atoms with van der Waals surface area (Å²) in [7, 11) is 0. The van der Waals surface area contributed by atoms with Crippen molar-refractivity contribution >= 4 is 78.3 Å². The topological polar surface area (TPSA) is 24.4 Å². The largest absolute Gasteiger partial charge is 0.355 e. The number of benzene rings is 3. The fourth-order valence-corrected chi connectivity index (χ4v) is 3.11. The van der Waals surface area contributed by atoms with Crippen molar-refractivity contribution in [3.05, 3.63) is 97.4 Å². The summed E-state index contributed by atoms with van der Waals surface area (Å²) in [5.41, 5.74) is 3.59. The second-order valence-corrected chi connectivity index (χ2v) is 8.24. The molecule has 0 atom stereocenters. The highest BCUT2D eigenvalue weighted by Crippen LogP contribution is 2.27. The van der Waals surface area contributed by atoms with Crippen LogP contribution in [0, 0.1) is 0 Å².